The molecule has 2 aromatic rings. The van der Waals surface area contributed by atoms with Gasteiger partial charge in [0.15, 0.2) is 0 Å². The summed E-state index contributed by atoms with van der Waals surface area (Å²) in [6.07, 6.45) is 0. The number of amides is 3. The SMILES string of the molecule is Cc1cccc(NC(=O)N2CCN(C(=O)CSCc3cccc(Cl)c3)CC2)c1. The van der Waals surface area contributed by atoms with Gasteiger partial charge in [0.05, 0.1) is 5.75 Å². The van der Waals surface area contributed by atoms with Gasteiger partial charge in [-0.05, 0) is 42.3 Å². The second kappa shape index (κ2) is 9.85. The van der Waals surface area contributed by atoms with Gasteiger partial charge in [-0.2, -0.15) is 0 Å². The molecule has 0 spiro atoms. The van der Waals surface area contributed by atoms with E-state index in [-0.39, 0.29) is 11.9 Å². The zero-order valence-electron chi connectivity index (χ0n) is 15.9. The van der Waals surface area contributed by atoms with Crippen LogP contribution in [0.5, 0.6) is 0 Å². The maximum atomic E-state index is 12.4. The minimum absolute atomic E-state index is 0.116. The molecule has 1 heterocycles. The zero-order valence-corrected chi connectivity index (χ0v) is 17.4. The third-order valence-corrected chi connectivity index (χ3v) is 5.80. The molecule has 0 saturated carbocycles. The van der Waals surface area contributed by atoms with Crippen molar-refractivity contribution in [1.82, 2.24) is 9.80 Å². The summed E-state index contributed by atoms with van der Waals surface area (Å²) in [5.74, 6) is 1.30. The number of benzene rings is 2. The van der Waals surface area contributed by atoms with Crippen molar-refractivity contribution in [2.24, 2.45) is 0 Å². The molecule has 1 fully saturated rings. The Bertz CT molecular complexity index is 838. The Morgan fingerprint density at radius 3 is 2.46 bits per heavy atom. The third-order valence-electron chi connectivity index (χ3n) is 4.57. The van der Waals surface area contributed by atoms with Crippen molar-refractivity contribution < 1.29 is 9.59 Å². The number of aryl methyl sites for hydroxylation is 1. The summed E-state index contributed by atoms with van der Waals surface area (Å²) in [4.78, 5) is 28.4. The molecule has 28 heavy (non-hydrogen) atoms. The van der Waals surface area contributed by atoms with E-state index in [2.05, 4.69) is 5.32 Å². The molecule has 0 aliphatic carbocycles. The summed E-state index contributed by atoms with van der Waals surface area (Å²) < 4.78 is 0. The van der Waals surface area contributed by atoms with Gasteiger partial charge in [-0.1, -0.05) is 35.9 Å². The Balaban J connectivity index is 1.40. The van der Waals surface area contributed by atoms with Crippen LogP contribution in [0.2, 0.25) is 5.02 Å². The number of hydrogen-bond donors (Lipinski definition) is 1. The summed E-state index contributed by atoms with van der Waals surface area (Å²) in [7, 11) is 0. The number of hydrogen-bond acceptors (Lipinski definition) is 3. The summed E-state index contributed by atoms with van der Waals surface area (Å²) in [6, 6.07) is 15.3. The first-order valence-electron chi connectivity index (χ1n) is 9.24. The third kappa shape index (κ3) is 5.91. The fourth-order valence-corrected chi connectivity index (χ4v) is 4.15. The highest BCUT2D eigenvalue weighted by molar-refractivity contribution is 7.99. The minimum atomic E-state index is -0.118. The van der Waals surface area contributed by atoms with E-state index in [9.17, 15) is 9.59 Å². The number of nitrogens with one attached hydrogen (secondary N) is 1. The molecule has 0 unspecified atom stereocenters. The first-order chi connectivity index (χ1) is 13.5. The summed E-state index contributed by atoms with van der Waals surface area (Å²) in [6.45, 7) is 4.21. The Hall–Kier alpha value is -2.18. The van der Waals surface area contributed by atoms with Gasteiger partial charge in [-0.25, -0.2) is 4.79 Å². The zero-order chi connectivity index (χ0) is 19.9. The first kappa shape index (κ1) is 20.6. The van der Waals surface area contributed by atoms with E-state index in [0.717, 1.165) is 22.6 Å². The number of urea groups is 1. The van der Waals surface area contributed by atoms with Crippen molar-refractivity contribution in [3.8, 4) is 0 Å². The van der Waals surface area contributed by atoms with Crippen LogP contribution in [0, 0.1) is 6.92 Å². The van der Waals surface area contributed by atoms with Crippen LogP contribution in [0.4, 0.5) is 10.5 Å². The number of carbonyl (C=O) groups is 2. The van der Waals surface area contributed by atoms with Crippen LogP contribution < -0.4 is 5.32 Å². The highest BCUT2D eigenvalue weighted by Crippen LogP contribution is 2.17. The second-order valence-corrected chi connectivity index (χ2v) is 8.21. The van der Waals surface area contributed by atoms with Crippen molar-refractivity contribution in [2.45, 2.75) is 12.7 Å². The van der Waals surface area contributed by atoms with E-state index in [1.807, 2.05) is 60.4 Å². The molecule has 5 nitrogen and oxygen atoms in total. The van der Waals surface area contributed by atoms with E-state index < -0.39 is 0 Å². The number of anilines is 1. The average Bonchev–Trinajstić information content (AvgIpc) is 2.68. The van der Waals surface area contributed by atoms with Crippen LogP contribution in [-0.4, -0.2) is 53.7 Å². The maximum absolute atomic E-state index is 12.4. The van der Waals surface area contributed by atoms with Gasteiger partial charge in [0.1, 0.15) is 0 Å². The number of rotatable bonds is 5. The van der Waals surface area contributed by atoms with E-state index in [1.165, 1.54) is 0 Å². The van der Waals surface area contributed by atoms with Gasteiger partial charge in [-0.15, -0.1) is 11.8 Å². The smallest absolute Gasteiger partial charge is 0.321 e. The number of piperazine rings is 1. The lowest BCUT2D eigenvalue weighted by Crippen LogP contribution is -2.52. The molecule has 0 radical (unpaired) electrons. The van der Waals surface area contributed by atoms with Gasteiger partial charge >= 0.3 is 6.03 Å². The molecule has 2 aromatic carbocycles. The van der Waals surface area contributed by atoms with Gasteiger partial charge in [-0.3, -0.25) is 4.79 Å². The largest absolute Gasteiger partial charge is 0.338 e. The molecule has 0 bridgehead atoms. The molecule has 7 heteroatoms. The van der Waals surface area contributed by atoms with E-state index in [1.54, 1.807) is 16.7 Å². The quantitative estimate of drug-likeness (QED) is 0.790. The van der Waals surface area contributed by atoms with E-state index in [4.69, 9.17) is 11.6 Å². The Morgan fingerprint density at radius 1 is 1.04 bits per heavy atom. The van der Waals surface area contributed by atoms with E-state index >= 15 is 0 Å². The van der Waals surface area contributed by atoms with Crippen LogP contribution in [0.15, 0.2) is 48.5 Å². The van der Waals surface area contributed by atoms with E-state index in [0.29, 0.717) is 37.0 Å². The molecule has 3 rings (SSSR count). The highest BCUT2D eigenvalue weighted by atomic mass is 35.5. The first-order valence-corrected chi connectivity index (χ1v) is 10.8. The van der Waals surface area contributed by atoms with Crippen LogP contribution in [0.25, 0.3) is 0 Å². The lowest BCUT2D eigenvalue weighted by Gasteiger charge is -2.34. The van der Waals surface area contributed by atoms with Crippen molar-refractivity contribution in [1.29, 1.82) is 0 Å². The van der Waals surface area contributed by atoms with Crippen molar-refractivity contribution >= 4 is 41.0 Å². The number of nitrogens with zero attached hydrogens (tertiary/aromatic N) is 2. The van der Waals surface area contributed by atoms with Gasteiger partial charge in [0.2, 0.25) is 5.91 Å². The molecular formula is C21H24ClN3O2S. The molecular weight excluding hydrogens is 394 g/mol. The number of carbonyl (C=O) groups excluding carboxylic acids is 2. The minimum Gasteiger partial charge on any atom is -0.338 e. The van der Waals surface area contributed by atoms with Gasteiger partial charge in [0, 0.05) is 42.6 Å². The molecule has 148 valence electrons. The lowest BCUT2D eigenvalue weighted by molar-refractivity contribution is -0.129. The molecule has 0 atom stereocenters. The molecule has 1 aliphatic heterocycles. The van der Waals surface area contributed by atoms with Crippen molar-refractivity contribution in [3.63, 3.8) is 0 Å². The molecule has 3 amide bonds. The lowest BCUT2D eigenvalue weighted by atomic mass is 10.2. The summed E-state index contributed by atoms with van der Waals surface area (Å²) >= 11 is 7.57. The predicted molar refractivity (Wildman–Crippen MR) is 116 cm³/mol. The topological polar surface area (TPSA) is 52.7 Å². The van der Waals surface area contributed by atoms with Crippen LogP contribution in [0.1, 0.15) is 11.1 Å². The van der Waals surface area contributed by atoms with Crippen molar-refractivity contribution in [2.75, 3.05) is 37.2 Å². The highest BCUT2D eigenvalue weighted by Gasteiger charge is 2.24. The standard InChI is InChI=1S/C21H24ClN3O2S/c1-16-4-2-7-19(12-16)23-21(27)25-10-8-24(9-11-25)20(26)15-28-14-17-5-3-6-18(22)13-17/h2-7,12-13H,8-11,14-15H2,1H3,(H,23,27). The maximum Gasteiger partial charge on any atom is 0.321 e. The second-order valence-electron chi connectivity index (χ2n) is 6.79. The van der Waals surface area contributed by atoms with Crippen LogP contribution in [0.3, 0.4) is 0 Å². The normalized spacial score (nSPS) is 14.1. The molecule has 1 saturated heterocycles. The Morgan fingerprint density at radius 2 is 1.75 bits per heavy atom. The number of halogens is 1. The Kier molecular flexibility index (Phi) is 7.23. The van der Waals surface area contributed by atoms with Crippen LogP contribution >= 0.6 is 23.4 Å². The molecule has 0 aromatic heterocycles. The Labute approximate surface area is 175 Å². The number of thioether (sulfide) groups is 1. The predicted octanol–water partition coefficient (Wildman–Crippen LogP) is 4.26. The van der Waals surface area contributed by atoms with Crippen molar-refractivity contribution in [3.05, 3.63) is 64.7 Å². The monoisotopic (exact) mass is 417 g/mol. The molecule has 1 aliphatic rings. The average molecular weight is 418 g/mol. The van der Waals surface area contributed by atoms with Gasteiger partial charge < -0.3 is 15.1 Å². The molecule has 1 N–H and O–H groups in total. The van der Waals surface area contributed by atoms with Crippen LogP contribution in [-0.2, 0) is 10.5 Å². The van der Waals surface area contributed by atoms with Gasteiger partial charge in [0.25, 0.3) is 0 Å². The fourth-order valence-electron chi connectivity index (χ4n) is 3.06. The summed E-state index contributed by atoms with van der Waals surface area (Å²) in [5, 5.41) is 3.63. The fraction of sp³-hybridized carbons (Fsp3) is 0.333. The summed E-state index contributed by atoms with van der Waals surface area (Å²) in [5.41, 5.74) is 3.01.